The van der Waals surface area contributed by atoms with Crippen LogP contribution in [0.2, 0.25) is 5.02 Å². The number of hydrogen-bond acceptors (Lipinski definition) is 6. The lowest BCUT2D eigenvalue weighted by Gasteiger charge is -2.17. The maximum absolute atomic E-state index is 12.5. The fraction of sp³-hybridized carbons (Fsp3) is 0.350. The van der Waals surface area contributed by atoms with E-state index in [1.54, 1.807) is 6.92 Å². The monoisotopic (exact) mass is 419 g/mol. The molecular weight excluding hydrogens is 398 g/mol. The Bertz CT molecular complexity index is 886. The molecule has 2 aromatic rings. The third-order valence-corrected chi connectivity index (χ3v) is 4.80. The second kappa shape index (κ2) is 9.58. The summed E-state index contributed by atoms with van der Waals surface area (Å²) in [6.45, 7) is 2.98. The van der Waals surface area contributed by atoms with Crippen molar-refractivity contribution in [2.24, 2.45) is 0 Å². The number of nitrogens with zero attached hydrogens (tertiary/aromatic N) is 1. The Morgan fingerprint density at radius 3 is 2.90 bits per heavy atom. The van der Waals surface area contributed by atoms with Crippen molar-refractivity contribution in [2.45, 2.75) is 31.9 Å². The number of rotatable bonds is 8. The van der Waals surface area contributed by atoms with Crippen LogP contribution in [0.5, 0.6) is 5.75 Å². The summed E-state index contributed by atoms with van der Waals surface area (Å²) in [6, 6.07) is 10.7. The number of halogens is 1. The number of carbonyl (C=O) groups is 1. The Morgan fingerprint density at radius 2 is 2.21 bits per heavy atom. The third-order valence-electron chi connectivity index (χ3n) is 4.49. The molecule has 1 aliphatic heterocycles. The summed E-state index contributed by atoms with van der Waals surface area (Å²) in [5.41, 5.74) is 0.899. The van der Waals surface area contributed by atoms with Gasteiger partial charge < -0.3 is 20.1 Å². The summed E-state index contributed by atoms with van der Waals surface area (Å²) < 4.78 is 11.3. The Hall–Kier alpha value is -2.84. The summed E-state index contributed by atoms with van der Waals surface area (Å²) in [5, 5.41) is 16.7. The van der Waals surface area contributed by atoms with Gasteiger partial charge in [-0.3, -0.25) is 14.9 Å². The molecule has 0 unspecified atom stereocenters. The van der Waals surface area contributed by atoms with E-state index in [1.165, 1.54) is 18.2 Å². The zero-order valence-corrected chi connectivity index (χ0v) is 16.6. The second-order valence-corrected chi connectivity index (χ2v) is 7.16. The third kappa shape index (κ3) is 5.82. The number of nitro benzene ring substituents is 1. The molecule has 2 atom stereocenters. The van der Waals surface area contributed by atoms with Crippen LogP contribution in [0, 0.1) is 10.1 Å². The highest BCUT2D eigenvalue weighted by Gasteiger charge is 2.18. The van der Waals surface area contributed by atoms with Gasteiger partial charge in [0.25, 0.3) is 5.69 Å². The van der Waals surface area contributed by atoms with Crippen LogP contribution in [-0.2, 0) is 9.53 Å². The predicted octanol–water partition coefficient (Wildman–Crippen LogP) is 4.25. The van der Waals surface area contributed by atoms with Gasteiger partial charge in [-0.05, 0) is 38.0 Å². The number of benzene rings is 2. The topological polar surface area (TPSA) is 103 Å². The summed E-state index contributed by atoms with van der Waals surface area (Å²) in [7, 11) is 0. The summed E-state index contributed by atoms with van der Waals surface area (Å²) in [5.74, 6) is 0.364. The van der Waals surface area contributed by atoms with E-state index in [9.17, 15) is 14.9 Å². The first-order valence-electron chi connectivity index (χ1n) is 9.28. The number of nitrogens with one attached hydrogen (secondary N) is 2. The molecular formula is C20H22ClN3O5. The van der Waals surface area contributed by atoms with Gasteiger partial charge in [0.2, 0.25) is 5.91 Å². The Morgan fingerprint density at radius 1 is 1.38 bits per heavy atom. The number of amides is 1. The number of carbonyl (C=O) groups excluding carboxylic acids is 1. The molecule has 3 rings (SSSR count). The molecule has 1 amide bonds. The van der Waals surface area contributed by atoms with E-state index in [2.05, 4.69) is 10.6 Å². The zero-order chi connectivity index (χ0) is 20.8. The van der Waals surface area contributed by atoms with Crippen LogP contribution in [0.1, 0.15) is 19.8 Å². The van der Waals surface area contributed by atoms with Gasteiger partial charge in [0.1, 0.15) is 18.4 Å². The van der Waals surface area contributed by atoms with Crippen molar-refractivity contribution in [3.63, 3.8) is 0 Å². The first kappa shape index (κ1) is 20.9. The molecule has 8 nitrogen and oxygen atoms in total. The van der Waals surface area contributed by atoms with E-state index in [4.69, 9.17) is 21.1 Å². The molecule has 1 saturated heterocycles. The normalized spacial score (nSPS) is 16.8. The molecule has 0 saturated carbocycles. The molecule has 1 aliphatic rings. The molecule has 2 N–H and O–H groups in total. The summed E-state index contributed by atoms with van der Waals surface area (Å²) in [6.07, 6.45) is 2.18. The minimum absolute atomic E-state index is 0.101. The van der Waals surface area contributed by atoms with Gasteiger partial charge in [0.15, 0.2) is 0 Å². The van der Waals surface area contributed by atoms with Gasteiger partial charge in [0, 0.05) is 30.5 Å². The van der Waals surface area contributed by atoms with Crippen LogP contribution in [0.3, 0.4) is 0 Å². The minimum Gasteiger partial charge on any atom is -0.491 e. The fourth-order valence-electron chi connectivity index (χ4n) is 2.92. The zero-order valence-electron chi connectivity index (χ0n) is 15.9. The van der Waals surface area contributed by atoms with Crippen LogP contribution >= 0.6 is 11.6 Å². The second-order valence-electron chi connectivity index (χ2n) is 6.75. The van der Waals surface area contributed by atoms with Crippen molar-refractivity contribution in [2.75, 3.05) is 23.8 Å². The molecule has 29 heavy (non-hydrogen) atoms. The molecule has 0 aliphatic carbocycles. The van der Waals surface area contributed by atoms with Gasteiger partial charge in [-0.1, -0.05) is 17.7 Å². The van der Waals surface area contributed by atoms with Crippen molar-refractivity contribution < 1.29 is 19.2 Å². The molecule has 1 heterocycles. The molecule has 0 spiro atoms. The quantitative estimate of drug-likeness (QED) is 0.490. The lowest BCUT2D eigenvalue weighted by molar-refractivity contribution is -0.384. The smallest absolute Gasteiger partial charge is 0.271 e. The predicted molar refractivity (Wildman–Crippen MR) is 111 cm³/mol. The highest BCUT2D eigenvalue weighted by Crippen LogP contribution is 2.27. The molecule has 2 aromatic carbocycles. The average molecular weight is 420 g/mol. The highest BCUT2D eigenvalue weighted by molar-refractivity contribution is 6.34. The lowest BCUT2D eigenvalue weighted by atomic mass is 10.2. The number of anilines is 2. The highest BCUT2D eigenvalue weighted by atomic mass is 35.5. The standard InChI is InChI=1S/C20H22ClN3O5/c1-13(20(25)23-19-8-7-15(24(26)27)11-18(19)21)22-14-4-2-5-16(10-14)29-12-17-6-3-9-28-17/h2,4-5,7-8,10-11,13,17,22H,3,6,9,12H2,1H3,(H,23,25)/t13-,17+/m0/s1. The van der Waals surface area contributed by atoms with Gasteiger partial charge in [0.05, 0.1) is 21.7 Å². The van der Waals surface area contributed by atoms with Crippen molar-refractivity contribution >= 4 is 34.6 Å². The van der Waals surface area contributed by atoms with Crippen LogP contribution in [0.25, 0.3) is 0 Å². The van der Waals surface area contributed by atoms with E-state index >= 15 is 0 Å². The number of ether oxygens (including phenoxy) is 2. The lowest BCUT2D eigenvalue weighted by Crippen LogP contribution is -2.32. The van der Waals surface area contributed by atoms with Crippen LogP contribution in [-0.4, -0.2) is 36.2 Å². The maximum Gasteiger partial charge on any atom is 0.271 e. The molecule has 0 radical (unpaired) electrons. The van der Waals surface area contributed by atoms with E-state index in [0.29, 0.717) is 18.0 Å². The van der Waals surface area contributed by atoms with Crippen molar-refractivity contribution in [1.82, 2.24) is 0 Å². The van der Waals surface area contributed by atoms with E-state index in [-0.39, 0.29) is 22.7 Å². The van der Waals surface area contributed by atoms with Crippen molar-refractivity contribution in [1.29, 1.82) is 0 Å². The van der Waals surface area contributed by atoms with Crippen LogP contribution in [0.15, 0.2) is 42.5 Å². The maximum atomic E-state index is 12.5. The molecule has 0 bridgehead atoms. The first-order chi connectivity index (χ1) is 13.9. The largest absolute Gasteiger partial charge is 0.491 e. The molecule has 154 valence electrons. The van der Waals surface area contributed by atoms with Crippen LogP contribution < -0.4 is 15.4 Å². The Kier molecular flexibility index (Phi) is 6.90. The van der Waals surface area contributed by atoms with Crippen LogP contribution in [0.4, 0.5) is 17.1 Å². The number of hydrogen-bond donors (Lipinski definition) is 2. The first-order valence-corrected chi connectivity index (χ1v) is 9.66. The molecule has 9 heteroatoms. The van der Waals surface area contributed by atoms with Gasteiger partial charge >= 0.3 is 0 Å². The van der Waals surface area contributed by atoms with Crippen molar-refractivity contribution in [3.8, 4) is 5.75 Å². The fourth-order valence-corrected chi connectivity index (χ4v) is 3.14. The van der Waals surface area contributed by atoms with E-state index in [0.717, 1.165) is 25.1 Å². The van der Waals surface area contributed by atoms with E-state index < -0.39 is 11.0 Å². The van der Waals surface area contributed by atoms with Gasteiger partial charge in [-0.2, -0.15) is 0 Å². The average Bonchev–Trinajstić information content (AvgIpc) is 3.21. The summed E-state index contributed by atoms with van der Waals surface area (Å²) in [4.78, 5) is 22.7. The Balaban J connectivity index is 1.56. The van der Waals surface area contributed by atoms with Gasteiger partial charge in [-0.15, -0.1) is 0 Å². The Labute approximate surface area is 173 Å². The van der Waals surface area contributed by atoms with Gasteiger partial charge in [-0.25, -0.2) is 0 Å². The minimum atomic E-state index is -0.574. The number of non-ortho nitro benzene ring substituents is 1. The van der Waals surface area contributed by atoms with Crippen molar-refractivity contribution in [3.05, 3.63) is 57.6 Å². The molecule has 0 aromatic heterocycles. The molecule has 1 fully saturated rings. The summed E-state index contributed by atoms with van der Waals surface area (Å²) >= 11 is 6.03. The SMILES string of the molecule is C[C@H](Nc1cccc(OC[C@H]2CCCO2)c1)C(=O)Nc1ccc([N+](=O)[O-])cc1Cl. The van der Waals surface area contributed by atoms with E-state index in [1.807, 2.05) is 24.3 Å². The number of nitro groups is 1.